The maximum atomic E-state index is 12.1. The average molecular weight is 381 g/mol. The van der Waals surface area contributed by atoms with Gasteiger partial charge in [0.15, 0.2) is 5.82 Å². The average Bonchev–Trinajstić information content (AvgIpc) is 3.22. The van der Waals surface area contributed by atoms with Crippen LogP contribution in [0.2, 0.25) is 0 Å². The molecule has 0 saturated carbocycles. The van der Waals surface area contributed by atoms with Gasteiger partial charge >= 0.3 is 12.0 Å². The molecule has 0 atom stereocenters. The summed E-state index contributed by atoms with van der Waals surface area (Å²) in [5, 5.41) is 15.9. The molecule has 8 nitrogen and oxygen atoms in total. The summed E-state index contributed by atoms with van der Waals surface area (Å²) < 4.78 is 2.29. The first kappa shape index (κ1) is 17.0. The lowest BCUT2D eigenvalue weighted by Crippen LogP contribution is -2.25. The van der Waals surface area contributed by atoms with Crippen molar-refractivity contribution in [1.29, 1.82) is 0 Å². The van der Waals surface area contributed by atoms with Crippen LogP contribution in [-0.2, 0) is 0 Å². The van der Waals surface area contributed by atoms with Gasteiger partial charge in [-0.15, -0.1) is 11.3 Å². The normalized spacial score (nSPS) is 11.0. The number of carbonyl (C=O) groups excluding carboxylic acids is 1. The fraction of sp³-hybridized carbons (Fsp3) is 0.111. The lowest BCUT2D eigenvalue weighted by molar-refractivity contribution is 0.0702. The van der Waals surface area contributed by atoms with Crippen molar-refractivity contribution in [2.75, 3.05) is 12.4 Å². The van der Waals surface area contributed by atoms with E-state index in [9.17, 15) is 14.7 Å². The minimum absolute atomic E-state index is 0.194. The molecule has 0 aliphatic rings. The minimum atomic E-state index is -0.989. The quantitative estimate of drug-likeness (QED) is 0.500. The third-order valence-electron chi connectivity index (χ3n) is 4.19. The fourth-order valence-corrected chi connectivity index (χ4v) is 3.89. The summed E-state index contributed by atoms with van der Waals surface area (Å²) in [6, 6.07) is 8.89. The summed E-state index contributed by atoms with van der Waals surface area (Å²) in [7, 11) is 1.59. The van der Waals surface area contributed by atoms with E-state index in [4.69, 9.17) is 0 Å². The first-order valence-corrected chi connectivity index (χ1v) is 8.88. The molecule has 3 aromatic heterocycles. The molecular formula is C18H15N5O3S. The molecule has 3 N–H and O–H groups in total. The predicted molar refractivity (Wildman–Crippen MR) is 104 cm³/mol. The molecule has 9 heteroatoms. The van der Waals surface area contributed by atoms with Gasteiger partial charge in [-0.25, -0.2) is 19.6 Å². The van der Waals surface area contributed by atoms with E-state index in [1.165, 1.54) is 12.4 Å². The van der Waals surface area contributed by atoms with E-state index in [0.29, 0.717) is 16.0 Å². The Hall–Kier alpha value is -3.46. The minimum Gasteiger partial charge on any atom is -0.477 e. The van der Waals surface area contributed by atoms with Gasteiger partial charge in [0.2, 0.25) is 0 Å². The monoisotopic (exact) mass is 381 g/mol. The van der Waals surface area contributed by atoms with Crippen molar-refractivity contribution in [2.45, 2.75) is 6.92 Å². The van der Waals surface area contributed by atoms with E-state index in [-0.39, 0.29) is 10.9 Å². The summed E-state index contributed by atoms with van der Waals surface area (Å²) >= 11 is 1.12. The number of carboxylic acid groups (broad SMARTS) is 1. The molecule has 1 aromatic carbocycles. The maximum absolute atomic E-state index is 12.1. The Morgan fingerprint density at radius 1 is 1.19 bits per heavy atom. The Balaban J connectivity index is 1.75. The molecule has 0 aliphatic heterocycles. The zero-order chi connectivity index (χ0) is 19.1. The smallest absolute Gasteiger partial charge is 0.345 e. The molecule has 0 bridgehead atoms. The number of carboxylic acids is 1. The number of nitrogens with one attached hydrogen (secondary N) is 2. The van der Waals surface area contributed by atoms with Crippen LogP contribution in [0.3, 0.4) is 0 Å². The summed E-state index contributed by atoms with van der Waals surface area (Å²) in [4.78, 5) is 31.9. The highest BCUT2D eigenvalue weighted by molar-refractivity contribution is 7.21. The number of aromatic carboxylic acids is 1. The van der Waals surface area contributed by atoms with Gasteiger partial charge in [0.25, 0.3) is 0 Å². The Morgan fingerprint density at radius 3 is 2.74 bits per heavy atom. The predicted octanol–water partition coefficient (Wildman–Crippen LogP) is 3.58. The van der Waals surface area contributed by atoms with E-state index < -0.39 is 5.97 Å². The van der Waals surface area contributed by atoms with Crippen LogP contribution in [0.4, 0.5) is 16.3 Å². The number of aromatic nitrogens is 3. The molecule has 1 amide bonds. The molecule has 0 saturated heterocycles. The van der Waals surface area contributed by atoms with Crippen LogP contribution in [0.1, 0.15) is 15.4 Å². The summed E-state index contributed by atoms with van der Waals surface area (Å²) in [6.07, 6.45) is 1.40. The molecule has 4 aromatic rings. The Morgan fingerprint density at radius 2 is 2.00 bits per heavy atom. The molecule has 0 unspecified atom stereocenters. The topological polar surface area (TPSA) is 109 Å². The maximum Gasteiger partial charge on any atom is 0.345 e. The van der Waals surface area contributed by atoms with Gasteiger partial charge in [-0.2, -0.15) is 0 Å². The number of thiophene rings is 1. The van der Waals surface area contributed by atoms with E-state index >= 15 is 0 Å². The molecule has 0 radical (unpaired) electrons. The SMILES string of the molecule is CNC(=O)n1c(C)cc2cc(Nc3ncnc4cc(C(=O)O)sc34)ccc21. The van der Waals surface area contributed by atoms with E-state index in [1.807, 2.05) is 31.2 Å². The van der Waals surface area contributed by atoms with Gasteiger partial charge in [-0.3, -0.25) is 4.57 Å². The summed E-state index contributed by atoms with van der Waals surface area (Å²) in [6.45, 7) is 1.87. The van der Waals surface area contributed by atoms with Crippen molar-refractivity contribution < 1.29 is 14.7 Å². The van der Waals surface area contributed by atoms with Crippen molar-refractivity contribution in [3.05, 3.63) is 47.2 Å². The van der Waals surface area contributed by atoms with Crippen molar-refractivity contribution >= 4 is 56.0 Å². The third kappa shape index (κ3) is 2.87. The number of nitrogens with zero attached hydrogens (tertiary/aromatic N) is 3. The molecule has 136 valence electrons. The molecule has 27 heavy (non-hydrogen) atoms. The Labute approximate surface area is 157 Å². The standard InChI is InChI=1S/C18H15N5O3S/c1-9-5-10-6-11(3-4-13(10)23(9)18(26)19-2)22-16-15-12(20-8-21-16)7-14(27-15)17(24)25/h3-8H,1-2H3,(H,19,26)(H,24,25)(H,20,21,22). The molecular weight excluding hydrogens is 366 g/mol. The van der Waals surface area contributed by atoms with Gasteiger partial charge < -0.3 is 15.7 Å². The van der Waals surface area contributed by atoms with Crippen molar-refractivity contribution in [3.63, 3.8) is 0 Å². The summed E-state index contributed by atoms with van der Waals surface area (Å²) in [5.41, 5.74) is 2.99. The van der Waals surface area contributed by atoms with E-state index in [2.05, 4.69) is 20.6 Å². The molecule has 0 fully saturated rings. The molecule has 4 rings (SSSR count). The number of amides is 1. The second-order valence-corrected chi connectivity index (χ2v) is 6.98. The zero-order valence-electron chi connectivity index (χ0n) is 14.5. The van der Waals surface area contributed by atoms with Crippen LogP contribution in [0.5, 0.6) is 0 Å². The van der Waals surface area contributed by atoms with Crippen LogP contribution in [0, 0.1) is 6.92 Å². The first-order valence-electron chi connectivity index (χ1n) is 8.07. The highest BCUT2D eigenvalue weighted by Crippen LogP contribution is 2.32. The highest BCUT2D eigenvalue weighted by atomic mass is 32.1. The van der Waals surface area contributed by atoms with E-state index in [1.54, 1.807) is 11.6 Å². The van der Waals surface area contributed by atoms with Gasteiger partial charge in [-0.05, 0) is 37.3 Å². The number of carbonyl (C=O) groups is 2. The van der Waals surface area contributed by atoms with E-state index in [0.717, 1.165) is 33.6 Å². The van der Waals surface area contributed by atoms with Gasteiger partial charge in [0, 0.05) is 23.8 Å². The fourth-order valence-electron chi connectivity index (χ4n) is 3.00. The second-order valence-electron chi connectivity index (χ2n) is 5.93. The Bertz CT molecular complexity index is 1210. The number of anilines is 2. The number of benzene rings is 1. The number of rotatable bonds is 3. The third-order valence-corrected chi connectivity index (χ3v) is 5.31. The first-order chi connectivity index (χ1) is 13.0. The van der Waals surface area contributed by atoms with Crippen LogP contribution >= 0.6 is 11.3 Å². The van der Waals surface area contributed by atoms with Gasteiger partial charge in [0.1, 0.15) is 11.2 Å². The number of fused-ring (bicyclic) bond motifs is 2. The van der Waals surface area contributed by atoms with Crippen molar-refractivity contribution in [3.8, 4) is 0 Å². The summed E-state index contributed by atoms with van der Waals surface area (Å²) in [5.74, 6) is -0.448. The number of hydrogen-bond donors (Lipinski definition) is 3. The zero-order valence-corrected chi connectivity index (χ0v) is 15.3. The molecule has 0 spiro atoms. The lowest BCUT2D eigenvalue weighted by Gasteiger charge is -2.08. The second kappa shape index (κ2) is 6.36. The van der Waals surface area contributed by atoms with Crippen molar-refractivity contribution in [2.24, 2.45) is 0 Å². The number of aryl methyl sites for hydroxylation is 1. The lowest BCUT2D eigenvalue weighted by atomic mass is 10.2. The molecule has 3 heterocycles. The van der Waals surface area contributed by atoms with Crippen LogP contribution in [0.15, 0.2) is 36.7 Å². The molecule has 0 aliphatic carbocycles. The highest BCUT2D eigenvalue weighted by Gasteiger charge is 2.15. The van der Waals surface area contributed by atoms with Crippen LogP contribution in [0.25, 0.3) is 21.1 Å². The van der Waals surface area contributed by atoms with Crippen LogP contribution in [-0.4, -0.2) is 38.7 Å². The van der Waals surface area contributed by atoms with Gasteiger partial charge in [0.05, 0.1) is 15.7 Å². The number of hydrogen-bond acceptors (Lipinski definition) is 6. The van der Waals surface area contributed by atoms with Gasteiger partial charge in [-0.1, -0.05) is 0 Å². The largest absolute Gasteiger partial charge is 0.477 e. The Kier molecular flexibility index (Phi) is 4.00. The van der Waals surface area contributed by atoms with Crippen molar-refractivity contribution in [1.82, 2.24) is 19.9 Å². The van der Waals surface area contributed by atoms with Crippen LogP contribution < -0.4 is 10.6 Å².